The first-order chi connectivity index (χ1) is 16.4. The zero-order chi connectivity index (χ0) is 25.0. The molecule has 0 aliphatic rings. The smallest absolute Gasteiger partial charge is 0.227 e. The summed E-state index contributed by atoms with van der Waals surface area (Å²) in [6.45, 7) is 23.2. The molecule has 2 aromatic carbocycles. The summed E-state index contributed by atoms with van der Waals surface area (Å²) in [5.74, 6) is 0. The molecule has 0 spiro atoms. The number of thioether (sulfide) groups is 2. The van der Waals surface area contributed by atoms with Crippen molar-refractivity contribution in [1.82, 2.24) is 4.90 Å². The number of nitrogens with zero attached hydrogens (tertiary/aromatic N) is 4. The fourth-order valence-electron chi connectivity index (χ4n) is 3.69. The van der Waals surface area contributed by atoms with Crippen LogP contribution in [0, 0.1) is 13.1 Å². The fraction of sp³-hybridized carbons (Fsp3) is 0.444. The van der Waals surface area contributed by atoms with Gasteiger partial charge in [0.2, 0.25) is 13.1 Å². The lowest BCUT2D eigenvalue weighted by Crippen LogP contribution is -2.52. The van der Waals surface area contributed by atoms with Gasteiger partial charge in [0.15, 0.2) is 0 Å². The normalized spacial score (nSPS) is 11.8. The van der Waals surface area contributed by atoms with Gasteiger partial charge in [-0.2, -0.15) is 0 Å². The Kier molecular flexibility index (Phi) is 11.5. The van der Waals surface area contributed by atoms with Crippen LogP contribution in [0.4, 0.5) is 0 Å². The van der Waals surface area contributed by atoms with Crippen molar-refractivity contribution in [3.05, 3.63) is 82.0 Å². The monoisotopic (exact) mass is 494 g/mol. The topological polar surface area (TPSA) is 33.5 Å². The highest BCUT2D eigenvalue weighted by Crippen LogP contribution is 2.31. The Labute approximate surface area is 213 Å². The summed E-state index contributed by atoms with van der Waals surface area (Å²) in [4.78, 5) is 17.5. The zero-order valence-electron chi connectivity index (χ0n) is 20.8. The van der Waals surface area contributed by atoms with Crippen LogP contribution in [0.15, 0.2) is 57.4 Å². The molecule has 0 saturated heterocycles. The van der Waals surface area contributed by atoms with Crippen molar-refractivity contribution in [2.75, 3.05) is 38.7 Å². The lowest BCUT2D eigenvalue weighted by Gasteiger charge is -2.37. The van der Waals surface area contributed by atoms with E-state index in [-0.39, 0.29) is 0 Å². The Hall–Kier alpha value is -2.45. The molecule has 0 bridgehead atoms. The first kappa shape index (κ1) is 27.8. The SMILES string of the molecule is [C-]#[N+]CCN(CC[N+]#[C-])C(C)(C)C(=NOCc1ccc(CC)cc1)c1ccc(SC)cc1SC. The molecule has 0 radical (unpaired) electrons. The van der Waals surface area contributed by atoms with Crippen molar-refractivity contribution < 1.29 is 4.84 Å². The van der Waals surface area contributed by atoms with E-state index in [4.69, 9.17) is 23.1 Å². The highest BCUT2D eigenvalue weighted by molar-refractivity contribution is 7.99. The fourth-order valence-corrected chi connectivity index (χ4v) is 4.83. The second-order valence-electron chi connectivity index (χ2n) is 8.26. The number of aryl methyl sites for hydroxylation is 1. The Morgan fingerprint density at radius 1 is 0.971 bits per heavy atom. The second-order valence-corrected chi connectivity index (χ2v) is 9.99. The summed E-state index contributed by atoms with van der Waals surface area (Å²) in [6.07, 6.45) is 5.15. The third kappa shape index (κ3) is 7.53. The van der Waals surface area contributed by atoms with Crippen LogP contribution < -0.4 is 0 Å². The molecule has 0 aliphatic carbocycles. The highest BCUT2D eigenvalue weighted by atomic mass is 32.2. The number of hydrogen-bond acceptors (Lipinski definition) is 5. The molecule has 0 fully saturated rings. The minimum Gasteiger partial charge on any atom is -0.391 e. The Morgan fingerprint density at radius 2 is 1.59 bits per heavy atom. The zero-order valence-corrected chi connectivity index (χ0v) is 22.4. The maximum Gasteiger partial charge on any atom is 0.227 e. The maximum absolute atomic E-state index is 7.27. The molecule has 180 valence electrons. The van der Waals surface area contributed by atoms with E-state index in [1.807, 2.05) is 0 Å². The summed E-state index contributed by atoms with van der Waals surface area (Å²) < 4.78 is 0. The first-order valence-electron chi connectivity index (χ1n) is 11.3. The molecule has 0 aromatic heterocycles. The van der Waals surface area contributed by atoms with Gasteiger partial charge < -0.3 is 14.5 Å². The molecule has 7 heteroatoms. The van der Waals surface area contributed by atoms with Crippen molar-refractivity contribution in [2.24, 2.45) is 5.16 Å². The average molecular weight is 495 g/mol. The molecule has 0 unspecified atom stereocenters. The van der Waals surface area contributed by atoms with Gasteiger partial charge in [0.05, 0.1) is 18.6 Å². The molecule has 0 N–H and O–H groups in total. The standard InChI is InChI=1S/C27H34N4OS2/c1-8-21-9-11-22(12-10-21)20-32-30-26(24-14-13-23(33-6)19-25(24)34-7)27(2,3)31(17-15-28-4)18-16-29-5/h9-14,19H,8,15-18,20H2,1-3,6-7H3. The van der Waals surface area contributed by atoms with Crippen LogP contribution in [-0.2, 0) is 17.9 Å². The Morgan fingerprint density at radius 3 is 2.12 bits per heavy atom. The number of benzene rings is 2. The average Bonchev–Trinajstić information content (AvgIpc) is 2.86. The van der Waals surface area contributed by atoms with Crippen molar-refractivity contribution >= 4 is 29.2 Å². The predicted octanol–water partition coefficient (Wildman–Crippen LogP) is 6.53. The molecule has 34 heavy (non-hydrogen) atoms. The van der Waals surface area contributed by atoms with E-state index in [1.165, 1.54) is 10.5 Å². The number of hydrogen-bond donors (Lipinski definition) is 0. The van der Waals surface area contributed by atoms with Gasteiger partial charge in [0.25, 0.3) is 0 Å². The Balaban J connectivity index is 2.47. The predicted molar refractivity (Wildman–Crippen MR) is 146 cm³/mol. The number of rotatable bonds is 13. The largest absolute Gasteiger partial charge is 0.391 e. The van der Waals surface area contributed by atoms with Gasteiger partial charge in [0.1, 0.15) is 12.3 Å². The van der Waals surface area contributed by atoms with E-state index in [0.29, 0.717) is 32.8 Å². The van der Waals surface area contributed by atoms with E-state index < -0.39 is 5.54 Å². The maximum atomic E-state index is 7.27. The summed E-state index contributed by atoms with van der Waals surface area (Å²) in [5, 5.41) is 4.70. The molecule has 0 amide bonds. The van der Waals surface area contributed by atoms with Crippen LogP contribution in [0.5, 0.6) is 0 Å². The number of oxime groups is 1. The molecular formula is C27H34N4OS2. The third-order valence-corrected chi connectivity index (χ3v) is 7.32. The van der Waals surface area contributed by atoms with Gasteiger partial charge in [0, 0.05) is 15.4 Å². The molecule has 2 aromatic rings. The van der Waals surface area contributed by atoms with E-state index in [9.17, 15) is 0 Å². The van der Waals surface area contributed by atoms with Gasteiger partial charge in [-0.25, -0.2) is 13.1 Å². The van der Waals surface area contributed by atoms with Crippen molar-refractivity contribution in [3.63, 3.8) is 0 Å². The van der Waals surface area contributed by atoms with Gasteiger partial charge in [-0.3, -0.25) is 4.90 Å². The van der Waals surface area contributed by atoms with Crippen LogP contribution in [0.3, 0.4) is 0 Å². The summed E-state index contributed by atoms with van der Waals surface area (Å²) in [5.41, 5.74) is 3.66. The van der Waals surface area contributed by atoms with Crippen molar-refractivity contribution in [1.29, 1.82) is 0 Å². The highest BCUT2D eigenvalue weighted by Gasteiger charge is 2.36. The molecular weight excluding hydrogens is 460 g/mol. The lowest BCUT2D eigenvalue weighted by molar-refractivity contribution is 0.121. The molecule has 0 atom stereocenters. The molecule has 0 saturated carbocycles. The third-order valence-electron chi connectivity index (χ3n) is 5.82. The van der Waals surface area contributed by atoms with E-state index in [2.05, 4.69) is 90.3 Å². The minimum atomic E-state index is -0.535. The quantitative estimate of drug-likeness (QED) is 0.137. The van der Waals surface area contributed by atoms with Gasteiger partial charge in [-0.1, -0.05) is 42.4 Å². The summed E-state index contributed by atoms with van der Waals surface area (Å²) in [6, 6.07) is 14.8. The van der Waals surface area contributed by atoms with Crippen LogP contribution in [0.25, 0.3) is 9.69 Å². The summed E-state index contributed by atoms with van der Waals surface area (Å²) in [7, 11) is 0. The van der Waals surface area contributed by atoms with E-state index in [1.54, 1.807) is 23.5 Å². The summed E-state index contributed by atoms with van der Waals surface area (Å²) >= 11 is 3.40. The molecule has 5 nitrogen and oxygen atoms in total. The Bertz CT molecular complexity index is 1020. The second kappa shape index (κ2) is 14.1. The van der Waals surface area contributed by atoms with Crippen LogP contribution in [-0.4, -0.2) is 54.8 Å². The van der Waals surface area contributed by atoms with Crippen LogP contribution in [0.2, 0.25) is 0 Å². The lowest BCUT2D eigenvalue weighted by atomic mass is 9.90. The molecule has 0 heterocycles. The molecule has 0 aliphatic heterocycles. The minimum absolute atomic E-state index is 0.375. The van der Waals surface area contributed by atoms with Gasteiger partial charge in [-0.15, -0.1) is 23.5 Å². The van der Waals surface area contributed by atoms with Gasteiger partial charge in [-0.05, 0) is 56.0 Å². The van der Waals surface area contributed by atoms with Crippen LogP contribution in [0.1, 0.15) is 37.5 Å². The first-order valence-corrected chi connectivity index (χ1v) is 13.8. The van der Waals surface area contributed by atoms with Crippen LogP contribution >= 0.6 is 23.5 Å². The van der Waals surface area contributed by atoms with E-state index >= 15 is 0 Å². The molecule has 2 rings (SSSR count). The van der Waals surface area contributed by atoms with Crippen molar-refractivity contribution in [3.8, 4) is 0 Å². The van der Waals surface area contributed by atoms with Crippen molar-refractivity contribution in [2.45, 2.75) is 49.1 Å². The van der Waals surface area contributed by atoms with E-state index in [0.717, 1.165) is 28.2 Å². The van der Waals surface area contributed by atoms with Gasteiger partial charge >= 0.3 is 0 Å².